The fourth-order valence-corrected chi connectivity index (χ4v) is 1.27. The minimum Gasteiger partial charge on any atom is -0.0845 e. The van der Waals surface area contributed by atoms with Crippen molar-refractivity contribution in [2.45, 2.75) is 52.4 Å². The normalized spacial score (nSPS) is 12.9. The Kier molecular flexibility index (Phi) is 7.66. The summed E-state index contributed by atoms with van der Waals surface area (Å²) >= 11 is 0. The van der Waals surface area contributed by atoms with Gasteiger partial charge in [0.15, 0.2) is 0 Å². The van der Waals surface area contributed by atoms with Gasteiger partial charge in [-0.05, 0) is 18.8 Å². The van der Waals surface area contributed by atoms with Gasteiger partial charge in [0, 0.05) is 0 Å². The molecule has 0 bridgehead atoms. The summed E-state index contributed by atoms with van der Waals surface area (Å²) in [5.74, 6) is 0.862. The predicted octanol–water partition coefficient (Wildman–Crippen LogP) is 3.97. The Morgan fingerprint density at radius 3 is 2.55 bits per heavy atom. The summed E-state index contributed by atoms with van der Waals surface area (Å²) in [6, 6.07) is 0. The summed E-state index contributed by atoms with van der Waals surface area (Å²) in [6.07, 6.45) is 9.60. The lowest BCUT2D eigenvalue weighted by Gasteiger charge is -2.08. The first-order valence-electron chi connectivity index (χ1n) is 4.84. The highest BCUT2D eigenvalue weighted by Gasteiger charge is 1.98. The van der Waals surface area contributed by atoms with E-state index in [0.717, 1.165) is 12.3 Å². The van der Waals surface area contributed by atoms with E-state index in [1.54, 1.807) is 6.08 Å². The van der Waals surface area contributed by atoms with Gasteiger partial charge in [-0.1, -0.05) is 52.2 Å². The van der Waals surface area contributed by atoms with Crippen LogP contribution in [0.2, 0.25) is 0 Å². The summed E-state index contributed by atoms with van der Waals surface area (Å²) in [5, 5.41) is 0. The molecular formula is C11H21. The molecule has 1 unspecified atom stereocenters. The molecule has 65 valence electrons. The van der Waals surface area contributed by atoms with Crippen LogP contribution in [-0.2, 0) is 0 Å². The third kappa shape index (κ3) is 7.64. The van der Waals surface area contributed by atoms with E-state index in [4.69, 9.17) is 6.58 Å². The van der Waals surface area contributed by atoms with Crippen molar-refractivity contribution < 1.29 is 0 Å². The molecule has 1 atom stereocenters. The second-order valence-electron chi connectivity index (χ2n) is 3.41. The third-order valence-corrected chi connectivity index (χ3v) is 2.13. The van der Waals surface area contributed by atoms with Gasteiger partial charge in [0.1, 0.15) is 0 Å². The average molecular weight is 153 g/mol. The summed E-state index contributed by atoms with van der Waals surface area (Å²) < 4.78 is 0. The number of allylic oxidation sites excluding steroid dienone is 1. The molecule has 0 fully saturated rings. The molecule has 0 spiro atoms. The van der Waals surface area contributed by atoms with E-state index in [2.05, 4.69) is 13.8 Å². The summed E-state index contributed by atoms with van der Waals surface area (Å²) in [6.45, 7) is 9.87. The van der Waals surface area contributed by atoms with E-state index >= 15 is 0 Å². The van der Waals surface area contributed by atoms with Crippen LogP contribution in [0.5, 0.6) is 0 Å². The van der Waals surface area contributed by atoms with Gasteiger partial charge < -0.3 is 0 Å². The Labute approximate surface area is 71.7 Å². The summed E-state index contributed by atoms with van der Waals surface area (Å²) in [5.41, 5.74) is 0. The molecule has 11 heavy (non-hydrogen) atoms. The highest BCUT2D eigenvalue weighted by molar-refractivity contribution is 4.65. The predicted molar refractivity (Wildman–Crippen MR) is 51.4 cm³/mol. The molecule has 0 aromatic rings. The maximum atomic E-state index is 5.31. The lowest BCUT2D eigenvalue weighted by atomic mass is 9.98. The van der Waals surface area contributed by atoms with Crippen LogP contribution in [0.15, 0.2) is 6.08 Å². The standard InChI is InChI=1S/C11H21/c1-4-6-8-10-11(3)9-7-5-2/h2,5,11H,4,6-10H2,1,3H3. The molecule has 0 saturated heterocycles. The van der Waals surface area contributed by atoms with E-state index < -0.39 is 0 Å². The number of hydrogen-bond acceptors (Lipinski definition) is 0. The third-order valence-electron chi connectivity index (χ3n) is 2.13. The highest BCUT2D eigenvalue weighted by Crippen LogP contribution is 2.14. The molecule has 0 amide bonds. The first-order chi connectivity index (χ1) is 5.31. The van der Waals surface area contributed by atoms with E-state index in [1.807, 2.05) is 0 Å². The van der Waals surface area contributed by atoms with Crippen LogP contribution in [0, 0.1) is 12.5 Å². The fourth-order valence-electron chi connectivity index (χ4n) is 1.27. The van der Waals surface area contributed by atoms with Crippen molar-refractivity contribution in [3.8, 4) is 0 Å². The van der Waals surface area contributed by atoms with Crippen LogP contribution in [0.1, 0.15) is 52.4 Å². The van der Waals surface area contributed by atoms with Gasteiger partial charge in [0.05, 0.1) is 0 Å². The Morgan fingerprint density at radius 2 is 2.00 bits per heavy atom. The lowest BCUT2D eigenvalue weighted by molar-refractivity contribution is 0.468. The molecule has 1 radical (unpaired) electrons. The van der Waals surface area contributed by atoms with Crippen LogP contribution in [-0.4, -0.2) is 0 Å². The van der Waals surface area contributed by atoms with Crippen molar-refractivity contribution >= 4 is 0 Å². The van der Waals surface area contributed by atoms with Crippen molar-refractivity contribution in [3.63, 3.8) is 0 Å². The molecule has 0 aliphatic rings. The molecule has 0 heteroatoms. The molecular weight excluding hydrogens is 132 g/mol. The topological polar surface area (TPSA) is 0 Å². The van der Waals surface area contributed by atoms with Gasteiger partial charge in [0.25, 0.3) is 0 Å². The van der Waals surface area contributed by atoms with E-state index in [1.165, 1.54) is 32.1 Å². The Hall–Kier alpha value is -0.260. The van der Waals surface area contributed by atoms with Crippen molar-refractivity contribution in [1.82, 2.24) is 0 Å². The lowest BCUT2D eigenvalue weighted by Crippen LogP contribution is -1.93. The van der Waals surface area contributed by atoms with E-state index in [0.29, 0.717) is 0 Å². The molecule has 0 aromatic carbocycles. The van der Waals surface area contributed by atoms with Crippen molar-refractivity contribution in [1.29, 1.82) is 0 Å². The Morgan fingerprint density at radius 1 is 1.27 bits per heavy atom. The minimum absolute atomic E-state index is 0.862. The zero-order valence-corrected chi connectivity index (χ0v) is 7.97. The van der Waals surface area contributed by atoms with Gasteiger partial charge in [-0.3, -0.25) is 0 Å². The Bertz CT molecular complexity index is 84.0. The summed E-state index contributed by atoms with van der Waals surface area (Å²) in [7, 11) is 0. The Balaban J connectivity index is 3.08. The van der Waals surface area contributed by atoms with E-state index in [9.17, 15) is 0 Å². The zero-order valence-electron chi connectivity index (χ0n) is 7.97. The van der Waals surface area contributed by atoms with Gasteiger partial charge in [-0.2, -0.15) is 0 Å². The molecule has 0 aliphatic heterocycles. The highest BCUT2D eigenvalue weighted by atomic mass is 14.0. The first kappa shape index (κ1) is 10.7. The van der Waals surface area contributed by atoms with Gasteiger partial charge in [0.2, 0.25) is 0 Å². The van der Waals surface area contributed by atoms with Crippen LogP contribution in [0.25, 0.3) is 0 Å². The van der Waals surface area contributed by atoms with Crippen molar-refractivity contribution in [2.75, 3.05) is 0 Å². The minimum atomic E-state index is 0.862. The molecule has 0 nitrogen and oxygen atoms in total. The van der Waals surface area contributed by atoms with Gasteiger partial charge in [-0.25, -0.2) is 0 Å². The quantitative estimate of drug-likeness (QED) is 0.485. The molecule has 0 aliphatic carbocycles. The zero-order chi connectivity index (χ0) is 8.53. The monoisotopic (exact) mass is 153 g/mol. The first-order valence-corrected chi connectivity index (χ1v) is 4.84. The van der Waals surface area contributed by atoms with Crippen LogP contribution in [0.3, 0.4) is 0 Å². The SMILES string of the molecule is [CH]=CCCC(C)CCCCC. The maximum absolute atomic E-state index is 5.31. The van der Waals surface area contributed by atoms with Crippen LogP contribution >= 0.6 is 0 Å². The smallest absolute Gasteiger partial charge is 0.0345 e. The second kappa shape index (κ2) is 7.84. The average Bonchev–Trinajstić information content (AvgIpc) is 2.01. The molecule has 0 aromatic heterocycles. The van der Waals surface area contributed by atoms with E-state index in [-0.39, 0.29) is 0 Å². The largest absolute Gasteiger partial charge is 0.0845 e. The number of rotatable bonds is 7. The molecule has 0 N–H and O–H groups in total. The van der Waals surface area contributed by atoms with Crippen molar-refractivity contribution in [3.05, 3.63) is 12.7 Å². The number of hydrogen-bond donors (Lipinski definition) is 0. The molecule has 0 saturated carbocycles. The van der Waals surface area contributed by atoms with Crippen LogP contribution < -0.4 is 0 Å². The molecule has 0 heterocycles. The summed E-state index contributed by atoms with van der Waals surface area (Å²) in [4.78, 5) is 0. The second-order valence-corrected chi connectivity index (χ2v) is 3.41. The van der Waals surface area contributed by atoms with Gasteiger partial charge in [-0.15, -0.1) is 0 Å². The van der Waals surface area contributed by atoms with Crippen LogP contribution in [0.4, 0.5) is 0 Å². The molecule has 0 rings (SSSR count). The number of unbranched alkanes of at least 4 members (excludes halogenated alkanes) is 2. The van der Waals surface area contributed by atoms with Crippen molar-refractivity contribution in [2.24, 2.45) is 5.92 Å². The van der Waals surface area contributed by atoms with Gasteiger partial charge >= 0.3 is 0 Å². The maximum Gasteiger partial charge on any atom is -0.0345 e. The fraction of sp³-hybridized carbons (Fsp3) is 0.818.